The summed E-state index contributed by atoms with van der Waals surface area (Å²) < 4.78 is 5.87. The monoisotopic (exact) mass is 254 g/mol. The molecule has 18 heavy (non-hydrogen) atoms. The second-order valence-electron chi connectivity index (χ2n) is 6.47. The van der Waals surface area contributed by atoms with Crippen LogP contribution in [0.5, 0.6) is 0 Å². The zero-order chi connectivity index (χ0) is 13.3. The number of hydrogen-bond acceptors (Lipinski definition) is 3. The van der Waals surface area contributed by atoms with Crippen molar-refractivity contribution in [3.63, 3.8) is 0 Å². The van der Waals surface area contributed by atoms with Crippen LogP contribution in [0.1, 0.15) is 40.0 Å². The Kier molecular flexibility index (Phi) is 3.97. The van der Waals surface area contributed by atoms with Crippen LogP contribution in [0.15, 0.2) is 0 Å². The molecule has 1 aliphatic carbocycles. The lowest BCUT2D eigenvalue weighted by Gasteiger charge is -2.43. The fraction of sp³-hybridized carbons (Fsp3) is 0.929. The molecular formula is C14H26N2O2. The Morgan fingerprint density at radius 2 is 2.17 bits per heavy atom. The van der Waals surface area contributed by atoms with Crippen LogP contribution in [0.2, 0.25) is 0 Å². The highest BCUT2D eigenvalue weighted by Gasteiger charge is 2.39. The Hall–Kier alpha value is -0.610. The number of carbonyl (C=O) groups excluding carboxylic acids is 1. The lowest BCUT2D eigenvalue weighted by atomic mass is 9.95. The topological polar surface area (TPSA) is 55.6 Å². The second kappa shape index (κ2) is 5.17. The van der Waals surface area contributed by atoms with E-state index in [2.05, 4.69) is 6.92 Å². The second-order valence-corrected chi connectivity index (χ2v) is 6.47. The normalized spacial score (nSPS) is 35.8. The van der Waals surface area contributed by atoms with Crippen molar-refractivity contribution < 1.29 is 9.53 Å². The number of ether oxygens (including phenoxy) is 1. The summed E-state index contributed by atoms with van der Waals surface area (Å²) >= 11 is 0. The third kappa shape index (κ3) is 2.86. The van der Waals surface area contributed by atoms with Gasteiger partial charge in [-0.15, -0.1) is 0 Å². The van der Waals surface area contributed by atoms with Crippen LogP contribution in [-0.4, -0.2) is 42.1 Å². The van der Waals surface area contributed by atoms with Crippen molar-refractivity contribution in [1.29, 1.82) is 0 Å². The molecule has 2 fully saturated rings. The summed E-state index contributed by atoms with van der Waals surface area (Å²) in [5, 5.41) is 0. The molecule has 2 N–H and O–H groups in total. The predicted molar refractivity (Wildman–Crippen MR) is 71.1 cm³/mol. The summed E-state index contributed by atoms with van der Waals surface area (Å²) in [4.78, 5) is 14.6. The van der Waals surface area contributed by atoms with E-state index < -0.39 is 0 Å². The fourth-order valence-electron chi connectivity index (χ4n) is 3.33. The molecule has 3 unspecified atom stereocenters. The van der Waals surface area contributed by atoms with Crippen molar-refractivity contribution in [2.45, 2.75) is 51.7 Å². The van der Waals surface area contributed by atoms with Gasteiger partial charge in [-0.25, -0.2) is 0 Å². The largest absolute Gasteiger partial charge is 0.367 e. The molecule has 0 aromatic rings. The average Bonchev–Trinajstić information content (AvgIpc) is 2.72. The quantitative estimate of drug-likeness (QED) is 0.810. The van der Waals surface area contributed by atoms with Gasteiger partial charge in [-0.05, 0) is 32.6 Å². The van der Waals surface area contributed by atoms with E-state index in [0.717, 1.165) is 6.42 Å². The molecule has 0 radical (unpaired) electrons. The van der Waals surface area contributed by atoms with E-state index in [1.807, 2.05) is 18.7 Å². The van der Waals surface area contributed by atoms with E-state index in [4.69, 9.17) is 10.5 Å². The standard InChI is InChI=1S/C14H26N2O2/c1-10-5-4-6-12(10)13(17)16-8-11(7-15)18-14(2,3)9-16/h10-12H,4-9,15H2,1-3H3. The van der Waals surface area contributed by atoms with Crippen LogP contribution in [-0.2, 0) is 9.53 Å². The Balaban J connectivity index is 2.05. The van der Waals surface area contributed by atoms with E-state index in [0.29, 0.717) is 31.5 Å². The molecule has 0 bridgehead atoms. The van der Waals surface area contributed by atoms with Crippen LogP contribution in [0.25, 0.3) is 0 Å². The van der Waals surface area contributed by atoms with E-state index in [1.54, 1.807) is 0 Å². The van der Waals surface area contributed by atoms with Crippen LogP contribution in [0, 0.1) is 11.8 Å². The first-order valence-electron chi connectivity index (χ1n) is 7.09. The number of nitrogens with zero attached hydrogens (tertiary/aromatic N) is 1. The van der Waals surface area contributed by atoms with Crippen molar-refractivity contribution in [1.82, 2.24) is 4.90 Å². The molecule has 4 nitrogen and oxygen atoms in total. The van der Waals surface area contributed by atoms with Crippen molar-refractivity contribution in [2.75, 3.05) is 19.6 Å². The molecule has 1 heterocycles. The average molecular weight is 254 g/mol. The van der Waals surface area contributed by atoms with Gasteiger partial charge in [0.2, 0.25) is 5.91 Å². The van der Waals surface area contributed by atoms with Gasteiger partial charge in [-0.3, -0.25) is 4.79 Å². The fourth-order valence-corrected chi connectivity index (χ4v) is 3.33. The van der Waals surface area contributed by atoms with Crippen LogP contribution in [0.4, 0.5) is 0 Å². The number of amides is 1. The SMILES string of the molecule is CC1CCCC1C(=O)N1CC(CN)OC(C)(C)C1. The molecule has 1 saturated carbocycles. The van der Waals surface area contributed by atoms with E-state index in [-0.39, 0.29) is 17.6 Å². The number of nitrogens with two attached hydrogens (primary N) is 1. The summed E-state index contributed by atoms with van der Waals surface area (Å²) in [7, 11) is 0. The highest BCUT2D eigenvalue weighted by molar-refractivity contribution is 5.79. The summed E-state index contributed by atoms with van der Waals surface area (Å²) in [5.74, 6) is 1.06. The first-order valence-corrected chi connectivity index (χ1v) is 7.09. The zero-order valence-corrected chi connectivity index (χ0v) is 11.8. The summed E-state index contributed by atoms with van der Waals surface area (Å²) in [6.45, 7) is 8.09. The maximum atomic E-state index is 12.6. The maximum absolute atomic E-state index is 12.6. The summed E-state index contributed by atoms with van der Waals surface area (Å²) in [5.41, 5.74) is 5.43. The Bertz CT molecular complexity index is 317. The van der Waals surface area contributed by atoms with E-state index in [9.17, 15) is 4.79 Å². The molecule has 1 amide bonds. The van der Waals surface area contributed by atoms with Crippen LogP contribution in [0.3, 0.4) is 0 Å². The zero-order valence-electron chi connectivity index (χ0n) is 11.8. The van der Waals surface area contributed by atoms with Crippen LogP contribution >= 0.6 is 0 Å². The molecule has 3 atom stereocenters. The minimum absolute atomic E-state index is 0.0191. The molecule has 0 aromatic heterocycles. The molecule has 2 rings (SSSR count). The molecule has 2 aliphatic rings. The number of hydrogen-bond donors (Lipinski definition) is 1. The predicted octanol–water partition coefficient (Wildman–Crippen LogP) is 1.39. The van der Waals surface area contributed by atoms with Crippen molar-refractivity contribution in [3.05, 3.63) is 0 Å². The van der Waals surface area contributed by atoms with Crippen LogP contribution < -0.4 is 5.73 Å². The van der Waals surface area contributed by atoms with E-state index >= 15 is 0 Å². The Morgan fingerprint density at radius 3 is 2.72 bits per heavy atom. The van der Waals surface area contributed by atoms with Gasteiger partial charge in [-0.1, -0.05) is 13.3 Å². The minimum atomic E-state index is -0.278. The molecule has 0 aromatic carbocycles. The molecule has 104 valence electrons. The van der Waals surface area contributed by atoms with Gasteiger partial charge < -0.3 is 15.4 Å². The minimum Gasteiger partial charge on any atom is -0.367 e. The smallest absolute Gasteiger partial charge is 0.226 e. The van der Waals surface area contributed by atoms with Crippen molar-refractivity contribution in [2.24, 2.45) is 17.6 Å². The van der Waals surface area contributed by atoms with Crippen molar-refractivity contribution >= 4 is 5.91 Å². The Morgan fingerprint density at radius 1 is 1.44 bits per heavy atom. The number of rotatable bonds is 2. The maximum Gasteiger partial charge on any atom is 0.226 e. The number of carbonyl (C=O) groups is 1. The summed E-state index contributed by atoms with van der Waals surface area (Å²) in [6.07, 6.45) is 3.40. The first kappa shape index (κ1) is 13.8. The molecule has 1 aliphatic heterocycles. The van der Waals surface area contributed by atoms with Gasteiger partial charge in [0, 0.05) is 25.6 Å². The lowest BCUT2D eigenvalue weighted by Crippen LogP contribution is -2.57. The third-order valence-electron chi connectivity index (χ3n) is 4.23. The number of morpholine rings is 1. The molecule has 0 spiro atoms. The van der Waals surface area contributed by atoms with E-state index in [1.165, 1.54) is 12.8 Å². The van der Waals surface area contributed by atoms with Gasteiger partial charge in [0.25, 0.3) is 0 Å². The van der Waals surface area contributed by atoms with Gasteiger partial charge in [-0.2, -0.15) is 0 Å². The summed E-state index contributed by atoms with van der Waals surface area (Å²) in [6, 6.07) is 0. The highest BCUT2D eigenvalue weighted by Crippen LogP contribution is 2.34. The third-order valence-corrected chi connectivity index (χ3v) is 4.23. The first-order chi connectivity index (χ1) is 8.43. The lowest BCUT2D eigenvalue weighted by molar-refractivity contribution is -0.163. The highest BCUT2D eigenvalue weighted by atomic mass is 16.5. The van der Waals surface area contributed by atoms with Crippen molar-refractivity contribution in [3.8, 4) is 0 Å². The van der Waals surface area contributed by atoms with Gasteiger partial charge in [0.15, 0.2) is 0 Å². The molecular weight excluding hydrogens is 228 g/mol. The molecule has 4 heteroatoms. The van der Waals surface area contributed by atoms with Gasteiger partial charge >= 0.3 is 0 Å². The van der Waals surface area contributed by atoms with Gasteiger partial charge in [0.05, 0.1) is 11.7 Å². The Labute approximate surface area is 110 Å². The molecule has 1 saturated heterocycles. The van der Waals surface area contributed by atoms with Gasteiger partial charge in [0.1, 0.15) is 0 Å².